The lowest BCUT2D eigenvalue weighted by Crippen LogP contribution is -2.25. The summed E-state index contributed by atoms with van der Waals surface area (Å²) in [6.07, 6.45) is 1.57. The van der Waals surface area contributed by atoms with Crippen molar-refractivity contribution in [2.45, 2.75) is 12.2 Å². The maximum Gasteiger partial charge on any atom is 0.228 e. The summed E-state index contributed by atoms with van der Waals surface area (Å²) in [5.74, 6) is 1.00. The molecule has 0 spiro atoms. The average molecular weight is 435 g/mol. The fraction of sp³-hybridized carbons (Fsp3) is 0.286. The number of hydrogen-bond acceptors (Lipinski definition) is 6. The Labute approximate surface area is 176 Å². The van der Waals surface area contributed by atoms with E-state index in [1.807, 2.05) is 0 Å². The molecule has 2 N–H and O–H groups in total. The highest BCUT2D eigenvalue weighted by molar-refractivity contribution is 7.88. The van der Waals surface area contributed by atoms with Gasteiger partial charge < -0.3 is 19.5 Å². The molecule has 9 heteroatoms. The van der Waals surface area contributed by atoms with E-state index in [1.54, 1.807) is 36.4 Å². The molecular weight excluding hydrogens is 408 g/mol. The second-order valence-corrected chi connectivity index (χ2v) is 8.16. The molecule has 0 aliphatic carbocycles. The van der Waals surface area contributed by atoms with Gasteiger partial charge >= 0.3 is 0 Å². The molecule has 2 aromatic carbocycles. The fourth-order valence-electron chi connectivity index (χ4n) is 2.77. The molecule has 0 atom stereocenters. The van der Waals surface area contributed by atoms with Crippen molar-refractivity contribution >= 4 is 21.6 Å². The van der Waals surface area contributed by atoms with Gasteiger partial charge in [0.2, 0.25) is 21.7 Å². The molecule has 0 saturated heterocycles. The van der Waals surface area contributed by atoms with Gasteiger partial charge in [0.25, 0.3) is 0 Å². The van der Waals surface area contributed by atoms with Gasteiger partial charge in [0.1, 0.15) is 0 Å². The summed E-state index contributed by atoms with van der Waals surface area (Å²) < 4.78 is 42.1. The number of ether oxygens (including phenoxy) is 3. The van der Waals surface area contributed by atoms with Crippen molar-refractivity contribution in [2.24, 2.45) is 0 Å². The van der Waals surface area contributed by atoms with Crippen molar-refractivity contribution in [3.05, 3.63) is 60.2 Å². The molecule has 2 rings (SSSR count). The standard InChI is InChI=1S/C21H26N2O6S/c1-5-10-22-30(25,26)14-15-6-8-17(9-7-15)23-20(24)13-16-11-18(27-2)21(29-4)19(12-16)28-3/h5-9,11-12,22H,1,10,13-14H2,2-4H3,(H,23,24). The fourth-order valence-corrected chi connectivity index (χ4v) is 3.87. The van der Waals surface area contributed by atoms with Crippen LogP contribution in [0.25, 0.3) is 0 Å². The SMILES string of the molecule is C=CCNS(=O)(=O)Cc1ccc(NC(=O)Cc2cc(OC)c(OC)c(OC)c2)cc1. The Bertz CT molecular complexity index is 962. The largest absolute Gasteiger partial charge is 0.493 e. The minimum absolute atomic E-state index is 0.0956. The van der Waals surface area contributed by atoms with Crippen molar-refractivity contribution in [1.29, 1.82) is 0 Å². The van der Waals surface area contributed by atoms with E-state index < -0.39 is 10.0 Å². The number of sulfonamides is 1. The molecule has 0 unspecified atom stereocenters. The first-order valence-electron chi connectivity index (χ1n) is 9.07. The Morgan fingerprint density at radius 2 is 1.60 bits per heavy atom. The zero-order valence-electron chi connectivity index (χ0n) is 17.2. The third kappa shape index (κ3) is 6.50. The first kappa shape index (κ1) is 23.2. The van der Waals surface area contributed by atoms with Crippen LogP contribution in [0.2, 0.25) is 0 Å². The van der Waals surface area contributed by atoms with Crippen LogP contribution in [0.1, 0.15) is 11.1 Å². The van der Waals surface area contributed by atoms with Gasteiger partial charge in [-0.2, -0.15) is 0 Å². The zero-order valence-corrected chi connectivity index (χ0v) is 18.0. The Morgan fingerprint density at radius 3 is 2.10 bits per heavy atom. The molecule has 8 nitrogen and oxygen atoms in total. The molecule has 1 amide bonds. The third-order valence-corrected chi connectivity index (χ3v) is 5.45. The normalized spacial score (nSPS) is 10.9. The highest BCUT2D eigenvalue weighted by atomic mass is 32.2. The minimum atomic E-state index is -3.43. The van der Waals surface area contributed by atoms with Crippen LogP contribution in [-0.4, -0.2) is 42.2 Å². The van der Waals surface area contributed by atoms with Gasteiger partial charge in [-0.15, -0.1) is 6.58 Å². The van der Waals surface area contributed by atoms with E-state index in [2.05, 4.69) is 16.6 Å². The summed E-state index contributed by atoms with van der Waals surface area (Å²) in [7, 11) is 1.10. The molecule has 0 saturated carbocycles. The van der Waals surface area contributed by atoms with Crippen LogP contribution in [0.3, 0.4) is 0 Å². The summed E-state index contributed by atoms with van der Waals surface area (Å²) in [5.41, 5.74) is 1.86. The Balaban J connectivity index is 2.04. The smallest absolute Gasteiger partial charge is 0.228 e. The van der Waals surface area contributed by atoms with E-state index in [0.717, 1.165) is 0 Å². The van der Waals surface area contributed by atoms with E-state index in [4.69, 9.17) is 14.2 Å². The summed E-state index contributed by atoms with van der Waals surface area (Å²) in [6, 6.07) is 10.1. The van der Waals surface area contributed by atoms with E-state index in [-0.39, 0.29) is 24.6 Å². The van der Waals surface area contributed by atoms with Crippen molar-refractivity contribution in [3.8, 4) is 17.2 Å². The molecule has 162 valence electrons. The predicted molar refractivity (Wildman–Crippen MR) is 116 cm³/mol. The maximum absolute atomic E-state index is 12.4. The number of carbonyl (C=O) groups excluding carboxylic acids is 1. The Morgan fingerprint density at radius 1 is 1.00 bits per heavy atom. The number of benzene rings is 2. The van der Waals surface area contributed by atoms with Gasteiger partial charge in [0, 0.05) is 12.2 Å². The van der Waals surface area contributed by atoms with Gasteiger partial charge in [0.05, 0.1) is 33.5 Å². The summed E-state index contributed by atoms with van der Waals surface area (Å²) in [6.45, 7) is 3.66. The predicted octanol–water partition coefficient (Wildman–Crippen LogP) is 2.50. The van der Waals surface area contributed by atoms with Crippen LogP contribution in [0.15, 0.2) is 49.1 Å². The number of carbonyl (C=O) groups is 1. The molecular formula is C21H26N2O6S. The Kier molecular flexibility index (Phi) is 8.25. The van der Waals surface area contributed by atoms with Crippen LogP contribution in [-0.2, 0) is 27.0 Å². The van der Waals surface area contributed by atoms with Crippen LogP contribution >= 0.6 is 0 Å². The van der Waals surface area contributed by atoms with Crippen LogP contribution < -0.4 is 24.2 Å². The van der Waals surface area contributed by atoms with Gasteiger partial charge in [-0.1, -0.05) is 18.2 Å². The quantitative estimate of drug-likeness (QED) is 0.527. The molecule has 0 fully saturated rings. The zero-order chi connectivity index (χ0) is 22.1. The summed E-state index contributed by atoms with van der Waals surface area (Å²) in [5, 5.41) is 2.79. The van der Waals surface area contributed by atoms with Crippen LogP contribution in [0.5, 0.6) is 17.2 Å². The first-order chi connectivity index (χ1) is 14.3. The number of methoxy groups -OCH3 is 3. The van der Waals surface area contributed by atoms with Crippen LogP contribution in [0.4, 0.5) is 5.69 Å². The number of anilines is 1. The molecule has 2 aromatic rings. The van der Waals surface area contributed by atoms with Gasteiger partial charge in [-0.25, -0.2) is 13.1 Å². The highest BCUT2D eigenvalue weighted by Gasteiger charge is 2.15. The lowest BCUT2D eigenvalue weighted by Gasteiger charge is -2.14. The van der Waals surface area contributed by atoms with Gasteiger partial charge in [0.15, 0.2) is 11.5 Å². The Hall–Kier alpha value is -3.04. The first-order valence-corrected chi connectivity index (χ1v) is 10.7. The third-order valence-electron chi connectivity index (χ3n) is 4.13. The van der Waals surface area contributed by atoms with E-state index in [1.165, 1.54) is 27.4 Å². The van der Waals surface area contributed by atoms with E-state index >= 15 is 0 Å². The number of amides is 1. The highest BCUT2D eigenvalue weighted by Crippen LogP contribution is 2.38. The number of hydrogen-bond donors (Lipinski definition) is 2. The topological polar surface area (TPSA) is 103 Å². The molecule has 30 heavy (non-hydrogen) atoms. The molecule has 0 aliphatic rings. The monoisotopic (exact) mass is 434 g/mol. The van der Waals surface area contributed by atoms with Crippen molar-refractivity contribution in [1.82, 2.24) is 4.72 Å². The second-order valence-electron chi connectivity index (χ2n) is 6.35. The van der Waals surface area contributed by atoms with Crippen molar-refractivity contribution < 1.29 is 27.4 Å². The maximum atomic E-state index is 12.4. The molecule has 0 bridgehead atoms. The summed E-state index contributed by atoms with van der Waals surface area (Å²) in [4.78, 5) is 12.4. The summed E-state index contributed by atoms with van der Waals surface area (Å²) >= 11 is 0. The van der Waals surface area contributed by atoms with E-state index in [0.29, 0.717) is 34.1 Å². The number of nitrogens with one attached hydrogen (secondary N) is 2. The molecule has 0 aromatic heterocycles. The van der Waals surface area contributed by atoms with Gasteiger partial charge in [-0.05, 0) is 35.4 Å². The second kappa shape index (κ2) is 10.7. The van der Waals surface area contributed by atoms with Gasteiger partial charge in [-0.3, -0.25) is 4.79 Å². The molecule has 0 heterocycles. The lowest BCUT2D eigenvalue weighted by molar-refractivity contribution is -0.115. The van der Waals surface area contributed by atoms with Crippen molar-refractivity contribution in [2.75, 3.05) is 33.2 Å². The lowest BCUT2D eigenvalue weighted by atomic mass is 10.1. The van der Waals surface area contributed by atoms with E-state index in [9.17, 15) is 13.2 Å². The number of rotatable bonds is 11. The van der Waals surface area contributed by atoms with Crippen LogP contribution in [0, 0.1) is 0 Å². The average Bonchev–Trinajstić information content (AvgIpc) is 2.72. The molecule has 0 radical (unpaired) electrons. The minimum Gasteiger partial charge on any atom is -0.493 e. The van der Waals surface area contributed by atoms with Crippen molar-refractivity contribution in [3.63, 3.8) is 0 Å². The molecule has 0 aliphatic heterocycles.